The van der Waals surface area contributed by atoms with E-state index >= 15 is 0 Å². The van der Waals surface area contributed by atoms with E-state index in [-0.39, 0.29) is 11.9 Å². The molecule has 0 spiro atoms. The third-order valence-electron chi connectivity index (χ3n) is 2.18. The molecule has 0 aliphatic carbocycles. The van der Waals surface area contributed by atoms with Gasteiger partial charge in [0.25, 0.3) is 0 Å². The Hall–Kier alpha value is -1.01. The largest absolute Gasteiger partial charge is 0.332 e. The molecule has 1 aromatic rings. The summed E-state index contributed by atoms with van der Waals surface area (Å²) >= 11 is 1.56. The molecule has 0 bridgehead atoms. The molecular formula is C8H12N4OS. The van der Waals surface area contributed by atoms with E-state index in [1.165, 1.54) is 0 Å². The molecule has 5 nitrogen and oxygen atoms in total. The normalized spacial score (nSPS) is 21.1. The summed E-state index contributed by atoms with van der Waals surface area (Å²) in [5.41, 5.74) is 5.47. The van der Waals surface area contributed by atoms with Crippen molar-refractivity contribution < 1.29 is 4.79 Å². The monoisotopic (exact) mass is 212 g/mol. The third kappa shape index (κ3) is 1.62. The van der Waals surface area contributed by atoms with E-state index in [1.807, 2.05) is 6.92 Å². The maximum Gasteiger partial charge on any atom is 0.241 e. The quantitative estimate of drug-likeness (QED) is 0.702. The van der Waals surface area contributed by atoms with E-state index in [2.05, 4.69) is 10.2 Å². The number of aryl methyl sites for hydroxylation is 1. The zero-order valence-corrected chi connectivity index (χ0v) is 8.75. The third-order valence-corrected chi connectivity index (χ3v) is 3.24. The summed E-state index contributed by atoms with van der Waals surface area (Å²) in [5, 5.41) is 9.89. The van der Waals surface area contributed by atoms with Crippen LogP contribution in [0.4, 0.5) is 0 Å². The second kappa shape index (κ2) is 3.62. The van der Waals surface area contributed by atoms with Gasteiger partial charge in [0.05, 0.1) is 6.54 Å². The van der Waals surface area contributed by atoms with Gasteiger partial charge in [-0.1, -0.05) is 18.3 Å². The summed E-state index contributed by atoms with van der Waals surface area (Å²) in [6.07, 6.45) is 0.894. The minimum Gasteiger partial charge on any atom is -0.332 e. The van der Waals surface area contributed by atoms with Crippen molar-refractivity contribution in [3.8, 4) is 0 Å². The molecule has 1 atom stereocenters. The molecule has 1 amide bonds. The second-order valence-electron chi connectivity index (χ2n) is 3.27. The summed E-state index contributed by atoms with van der Waals surface area (Å²) in [4.78, 5) is 12.9. The lowest BCUT2D eigenvalue weighted by Crippen LogP contribution is -2.60. The summed E-state index contributed by atoms with van der Waals surface area (Å²) in [5.74, 6) is 0.0123. The number of hydrogen-bond donors (Lipinski definition) is 1. The fraction of sp³-hybridized carbons (Fsp3) is 0.625. The number of aromatic nitrogens is 2. The number of nitrogens with zero attached hydrogens (tertiary/aromatic N) is 3. The van der Waals surface area contributed by atoms with Crippen LogP contribution in [0, 0.1) is 0 Å². The highest BCUT2D eigenvalue weighted by molar-refractivity contribution is 7.11. The van der Waals surface area contributed by atoms with E-state index in [4.69, 9.17) is 5.73 Å². The average molecular weight is 212 g/mol. The number of amides is 1. The fourth-order valence-corrected chi connectivity index (χ4v) is 2.13. The van der Waals surface area contributed by atoms with Crippen LogP contribution < -0.4 is 5.73 Å². The van der Waals surface area contributed by atoms with Crippen molar-refractivity contribution in [2.24, 2.45) is 5.73 Å². The predicted molar refractivity (Wildman–Crippen MR) is 52.7 cm³/mol. The van der Waals surface area contributed by atoms with Crippen LogP contribution >= 0.6 is 11.3 Å². The molecule has 1 aliphatic heterocycles. The zero-order chi connectivity index (χ0) is 10.1. The van der Waals surface area contributed by atoms with Crippen LogP contribution in [0.15, 0.2) is 0 Å². The molecule has 1 saturated heterocycles. The van der Waals surface area contributed by atoms with Crippen molar-refractivity contribution in [2.75, 3.05) is 6.54 Å². The lowest BCUT2D eigenvalue weighted by molar-refractivity contribution is -0.143. The molecule has 6 heteroatoms. The summed E-state index contributed by atoms with van der Waals surface area (Å²) in [7, 11) is 0. The number of hydrogen-bond acceptors (Lipinski definition) is 5. The van der Waals surface area contributed by atoms with Gasteiger partial charge in [-0.05, 0) is 6.42 Å². The van der Waals surface area contributed by atoms with Crippen LogP contribution in [0.3, 0.4) is 0 Å². The van der Waals surface area contributed by atoms with Crippen LogP contribution in [-0.4, -0.2) is 33.6 Å². The predicted octanol–water partition coefficient (Wildman–Crippen LogP) is -0.230. The van der Waals surface area contributed by atoms with Crippen LogP contribution in [0.1, 0.15) is 16.9 Å². The molecule has 1 aromatic heterocycles. The Labute approximate surface area is 85.9 Å². The Morgan fingerprint density at radius 3 is 2.79 bits per heavy atom. The van der Waals surface area contributed by atoms with E-state index in [0.717, 1.165) is 16.4 Å². The molecule has 76 valence electrons. The van der Waals surface area contributed by atoms with Crippen LogP contribution in [0.5, 0.6) is 0 Å². The maximum atomic E-state index is 11.2. The molecule has 1 unspecified atom stereocenters. The van der Waals surface area contributed by atoms with Crippen LogP contribution in [0.2, 0.25) is 0 Å². The number of likely N-dealkylation sites (tertiary alicyclic amines) is 1. The molecule has 0 aromatic carbocycles. The Morgan fingerprint density at radius 1 is 1.57 bits per heavy atom. The summed E-state index contributed by atoms with van der Waals surface area (Å²) in [6, 6.07) is -0.298. The fourth-order valence-electron chi connectivity index (χ4n) is 1.33. The van der Waals surface area contributed by atoms with Crippen molar-refractivity contribution in [1.82, 2.24) is 15.1 Å². The minimum atomic E-state index is -0.298. The molecule has 1 fully saturated rings. The molecule has 2 N–H and O–H groups in total. The van der Waals surface area contributed by atoms with E-state index in [0.29, 0.717) is 13.1 Å². The SMILES string of the molecule is CCc1nnc(CN2CC(N)C2=O)s1. The first kappa shape index (κ1) is 9.54. The highest BCUT2D eigenvalue weighted by atomic mass is 32.1. The molecule has 14 heavy (non-hydrogen) atoms. The van der Waals surface area contributed by atoms with Crippen molar-refractivity contribution in [2.45, 2.75) is 25.9 Å². The van der Waals surface area contributed by atoms with E-state index in [9.17, 15) is 4.79 Å². The van der Waals surface area contributed by atoms with E-state index in [1.54, 1.807) is 16.2 Å². The van der Waals surface area contributed by atoms with Gasteiger partial charge in [0, 0.05) is 6.54 Å². The Kier molecular flexibility index (Phi) is 2.47. The Bertz CT molecular complexity index is 351. The zero-order valence-electron chi connectivity index (χ0n) is 7.93. The first-order valence-corrected chi connectivity index (χ1v) is 5.38. The first-order valence-electron chi connectivity index (χ1n) is 4.56. The van der Waals surface area contributed by atoms with Crippen LogP contribution in [0.25, 0.3) is 0 Å². The number of nitrogens with two attached hydrogens (primary N) is 1. The van der Waals surface area contributed by atoms with Crippen LogP contribution in [-0.2, 0) is 17.8 Å². The van der Waals surface area contributed by atoms with Crippen molar-refractivity contribution >= 4 is 17.2 Å². The lowest BCUT2D eigenvalue weighted by atomic mass is 10.1. The van der Waals surface area contributed by atoms with Gasteiger partial charge in [-0.15, -0.1) is 10.2 Å². The molecular weight excluding hydrogens is 200 g/mol. The van der Waals surface area contributed by atoms with E-state index < -0.39 is 0 Å². The molecule has 0 radical (unpaired) electrons. The highest BCUT2D eigenvalue weighted by Gasteiger charge is 2.33. The highest BCUT2D eigenvalue weighted by Crippen LogP contribution is 2.16. The minimum absolute atomic E-state index is 0.0123. The number of rotatable bonds is 3. The topological polar surface area (TPSA) is 72.1 Å². The second-order valence-corrected chi connectivity index (χ2v) is 4.41. The maximum absolute atomic E-state index is 11.2. The number of carbonyl (C=O) groups excluding carboxylic acids is 1. The standard InChI is InChI=1S/C8H12N4OS/c1-2-6-10-11-7(14-6)4-12-3-5(9)8(12)13/h5H,2-4,9H2,1H3. The molecule has 0 saturated carbocycles. The van der Waals surface area contributed by atoms with Crippen molar-refractivity contribution in [1.29, 1.82) is 0 Å². The Morgan fingerprint density at radius 2 is 2.29 bits per heavy atom. The van der Waals surface area contributed by atoms with Crippen molar-refractivity contribution in [3.05, 3.63) is 10.0 Å². The molecule has 2 heterocycles. The first-order chi connectivity index (χ1) is 6.70. The van der Waals surface area contributed by atoms with Gasteiger partial charge in [0.2, 0.25) is 5.91 Å². The van der Waals surface area contributed by atoms with Gasteiger partial charge in [-0.3, -0.25) is 4.79 Å². The number of carbonyl (C=O) groups is 1. The van der Waals surface area contributed by atoms with Gasteiger partial charge in [0.15, 0.2) is 0 Å². The molecule has 1 aliphatic rings. The number of β-lactam (4-membered cyclic amide) rings is 1. The van der Waals surface area contributed by atoms with Gasteiger partial charge in [-0.25, -0.2) is 0 Å². The lowest BCUT2D eigenvalue weighted by Gasteiger charge is -2.35. The molecule has 2 rings (SSSR count). The van der Waals surface area contributed by atoms with Crippen molar-refractivity contribution in [3.63, 3.8) is 0 Å². The average Bonchev–Trinajstić information content (AvgIpc) is 2.65. The van der Waals surface area contributed by atoms with Gasteiger partial charge < -0.3 is 10.6 Å². The summed E-state index contributed by atoms with van der Waals surface area (Å²) in [6.45, 7) is 3.24. The smallest absolute Gasteiger partial charge is 0.241 e. The van der Waals surface area contributed by atoms with Gasteiger partial charge in [-0.2, -0.15) is 0 Å². The Balaban J connectivity index is 1.95. The van der Waals surface area contributed by atoms with Gasteiger partial charge in [0.1, 0.15) is 16.1 Å². The summed E-state index contributed by atoms with van der Waals surface area (Å²) < 4.78 is 0. The van der Waals surface area contributed by atoms with Gasteiger partial charge >= 0.3 is 0 Å².